The number of carbonyl (C=O) groups excluding carboxylic acids is 1. The lowest BCUT2D eigenvalue weighted by atomic mass is 10.1. The van der Waals surface area contributed by atoms with Crippen LogP contribution in [0.5, 0.6) is 11.5 Å². The van der Waals surface area contributed by atoms with Crippen LogP contribution >= 0.6 is 0 Å². The van der Waals surface area contributed by atoms with Crippen LogP contribution in [0, 0.1) is 5.82 Å². The van der Waals surface area contributed by atoms with Gasteiger partial charge < -0.3 is 19.2 Å². The van der Waals surface area contributed by atoms with Gasteiger partial charge in [-0.25, -0.2) is 4.39 Å². The highest BCUT2D eigenvalue weighted by molar-refractivity contribution is 6.08. The van der Waals surface area contributed by atoms with Gasteiger partial charge in [0.2, 0.25) is 0 Å². The van der Waals surface area contributed by atoms with Crippen LogP contribution in [0.25, 0.3) is 21.9 Å². The largest absolute Gasteiger partial charge is 0.495 e. The zero-order valence-electron chi connectivity index (χ0n) is 15.4. The van der Waals surface area contributed by atoms with Gasteiger partial charge in [0.1, 0.15) is 28.5 Å². The minimum absolute atomic E-state index is 0.280. The van der Waals surface area contributed by atoms with Crippen LogP contribution in [-0.2, 0) is 4.79 Å². The molecule has 4 aromatic rings. The van der Waals surface area contributed by atoms with Crippen LogP contribution in [0.2, 0.25) is 0 Å². The summed E-state index contributed by atoms with van der Waals surface area (Å²) in [6.07, 6.45) is -0.835. The molecule has 0 saturated carbocycles. The summed E-state index contributed by atoms with van der Waals surface area (Å²) in [6.45, 7) is 1.59. The molecule has 6 heteroatoms. The topological polar surface area (TPSA) is 60.7 Å². The number of furan rings is 1. The molecule has 1 aromatic heterocycles. The van der Waals surface area contributed by atoms with E-state index in [9.17, 15) is 9.18 Å². The molecule has 1 heterocycles. The monoisotopic (exact) mass is 379 g/mol. The summed E-state index contributed by atoms with van der Waals surface area (Å²) in [7, 11) is 1.53. The Labute approximate surface area is 160 Å². The van der Waals surface area contributed by atoms with Gasteiger partial charge in [-0.05, 0) is 31.2 Å². The van der Waals surface area contributed by atoms with E-state index in [4.69, 9.17) is 13.9 Å². The van der Waals surface area contributed by atoms with Crippen LogP contribution in [0.3, 0.4) is 0 Å². The smallest absolute Gasteiger partial charge is 0.265 e. The number of hydrogen-bond donors (Lipinski definition) is 1. The zero-order chi connectivity index (χ0) is 19.7. The minimum Gasteiger partial charge on any atom is -0.495 e. The Morgan fingerprint density at radius 2 is 1.86 bits per heavy atom. The highest BCUT2D eigenvalue weighted by Crippen LogP contribution is 2.36. The van der Waals surface area contributed by atoms with E-state index in [-0.39, 0.29) is 5.75 Å². The number of carbonyl (C=O) groups is 1. The van der Waals surface area contributed by atoms with Crippen molar-refractivity contribution >= 4 is 33.5 Å². The summed E-state index contributed by atoms with van der Waals surface area (Å²) < 4.78 is 30.1. The third-order valence-corrected chi connectivity index (χ3v) is 4.43. The van der Waals surface area contributed by atoms with E-state index in [0.29, 0.717) is 17.0 Å². The van der Waals surface area contributed by atoms with Crippen LogP contribution < -0.4 is 14.8 Å². The summed E-state index contributed by atoms with van der Waals surface area (Å²) in [4.78, 5) is 12.6. The fraction of sp³-hybridized carbons (Fsp3) is 0.136. The van der Waals surface area contributed by atoms with Gasteiger partial charge in [0, 0.05) is 22.9 Å². The molecule has 0 aliphatic rings. The highest BCUT2D eigenvalue weighted by atomic mass is 19.1. The van der Waals surface area contributed by atoms with E-state index >= 15 is 0 Å². The van der Waals surface area contributed by atoms with Crippen molar-refractivity contribution in [3.8, 4) is 11.5 Å². The molecule has 1 unspecified atom stereocenters. The number of hydrogen-bond acceptors (Lipinski definition) is 4. The van der Waals surface area contributed by atoms with Crippen molar-refractivity contribution < 1.29 is 23.1 Å². The molecule has 5 nitrogen and oxygen atoms in total. The third kappa shape index (κ3) is 3.36. The molecule has 0 aliphatic carbocycles. The number of benzene rings is 3. The van der Waals surface area contributed by atoms with Gasteiger partial charge in [-0.3, -0.25) is 4.79 Å². The lowest BCUT2D eigenvalue weighted by molar-refractivity contribution is -0.122. The maximum Gasteiger partial charge on any atom is 0.265 e. The molecule has 1 N–H and O–H groups in total. The summed E-state index contributed by atoms with van der Waals surface area (Å²) in [5.74, 6) is -0.0344. The fourth-order valence-corrected chi connectivity index (χ4v) is 3.05. The van der Waals surface area contributed by atoms with Crippen molar-refractivity contribution in [2.24, 2.45) is 0 Å². The van der Waals surface area contributed by atoms with Gasteiger partial charge in [0.15, 0.2) is 6.10 Å². The van der Waals surface area contributed by atoms with Gasteiger partial charge >= 0.3 is 0 Å². The molecule has 0 aliphatic heterocycles. The first-order valence-electron chi connectivity index (χ1n) is 8.77. The predicted molar refractivity (Wildman–Crippen MR) is 105 cm³/mol. The van der Waals surface area contributed by atoms with E-state index in [1.54, 1.807) is 19.1 Å². The highest BCUT2D eigenvalue weighted by Gasteiger charge is 2.19. The van der Waals surface area contributed by atoms with E-state index in [1.807, 2.05) is 30.3 Å². The number of amides is 1. The van der Waals surface area contributed by atoms with Gasteiger partial charge in [-0.15, -0.1) is 0 Å². The Kier molecular flexibility index (Phi) is 4.61. The first kappa shape index (κ1) is 17.9. The fourth-order valence-electron chi connectivity index (χ4n) is 3.05. The standard InChI is InChI=1S/C22H18FNO4/c1-13(27-15-7-5-6-14(23)10-15)22(25)24-18-12-20-17(11-21(18)26-2)16-8-3-4-9-19(16)28-20/h3-13H,1-2H3,(H,24,25). The maximum absolute atomic E-state index is 13.3. The summed E-state index contributed by atoms with van der Waals surface area (Å²) >= 11 is 0. The van der Waals surface area contributed by atoms with E-state index in [1.165, 1.54) is 25.3 Å². The molecule has 28 heavy (non-hydrogen) atoms. The normalized spacial score (nSPS) is 12.1. The van der Waals surface area contributed by atoms with Crippen molar-refractivity contribution in [1.29, 1.82) is 0 Å². The quantitative estimate of drug-likeness (QED) is 0.522. The van der Waals surface area contributed by atoms with Crippen molar-refractivity contribution in [1.82, 2.24) is 0 Å². The van der Waals surface area contributed by atoms with Gasteiger partial charge in [-0.2, -0.15) is 0 Å². The average molecular weight is 379 g/mol. The first-order chi connectivity index (χ1) is 13.5. The van der Waals surface area contributed by atoms with Crippen molar-refractivity contribution in [3.63, 3.8) is 0 Å². The third-order valence-electron chi connectivity index (χ3n) is 4.43. The Morgan fingerprint density at radius 1 is 1.04 bits per heavy atom. The van der Waals surface area contributed by atoms with E-state index in [0.717, 1.165) is 16.4 Å². The lowest BCUT2D eigenvalue weighted by Gasteiger charge is -2.16. The Balaban J connectivity index is 1.61. The molecule has 0 fully saturated rings. The molecule has 0 spiro atoms. The minimum atomic E-state index is -0.835. The Bertz CT molecular complexity index is 1170. The van der Waals surface area contributed by atoms with Crippen LogP contribution in [0.4, 0.5) is 10.1 Å². The molecule has 142 valence electrons. The number of anilines is 1. The number of nitrogens with one attached hydrogen (secondary N) is 1. The second-order valence-corrected chi connectivity index (χ2v) is 6.35. The van der Waals surface area contributed by atoms with Crippen LogP contribution in [0.15, 0.2) is 65.1 Å². The van der Waals surface area contributed by atoms with Crippen LogP contribution in [0.1, 0.15) is 6.92 Å². The van der Waals surface area contributed by atoms with E-state index in [2.05, 4.69) is 5.32 Å². The second-order valence-electron chi connectivity index (χ2n) is 6.35. The molecule has 0 saturated heterocycles. The average Bonchev–Trinajstić information content (AvgIpc) is 3.04. The van der Waals surface area contributed by atoms with Crippen molar-refractivity contribution in [2.75, 3.05) is 12.4 Å². The van der Waals surface area contributed by atoms with Crippen molar-refractivity contribution in [3.05, 3.63) is 66.5 Å². The maximum atomic E-state index is 13.3. The van der Waals surface area contributed by atoms with Crippen LogP contribution in [-0.4, -0.2) is 19.1 Å². The molecule has 4 rings (SSSR count). The summed E-state index contributed by atoms with van der Waals surface area (Å²) in [6, 6.07) is 16.9. The number of rotatable bonds is 5. The number of fused-ring (bicyclic) bond motifs is 3. The molecule has 1 amide bonds. The molecule has 0 bridgehead atoms. The van der Waals surface area contributed by atoms with Gasteiger partial charge in [0.05, 0.1) is 12.8 Å². The molecule has 0 radical (unpaired) electrons. The number of ether oxygens (including phenoxy) is 2. The SMILES string of the molecule is COc1cc2c(cc1NC(=O)C(C)Oc1cccc(F)c1)oc1ccccc12. The number of halogens is 1. The summed E-state index contributed by atoms with van der Waals surface area (Å²) in [5, 5.41) is 4.66. The zero-order valence-corrected chi connectivity index (χ0v) is 15.4. The molecule has 1 atom stereocenters. The number of para-hydroxylation sites is 1. The van der Waals surface area contributed by atoms with Crippen molar-refractivity contribution in [2.45, 2.75) is 13.0 Å². The molecular weight excluding hydrogens is 361 g/mol. The Morgan fingerprint density at radius 3 is 2.64 bits per heavy atom. The van der Waals surface area contributed by atoms with E-state index < -0.39 is 17.8 Å². The number of methoxy groups -OCH3 is 1. The summed E-state index contributed by atoms with van der Waals surface area (Å²) in [5.41, 5.74) is 1.86. The Hall–Kier alpha value is -3.54. The first-order valence-corrected chi connectivity index (χ1v) is 8.77. The second kappa shape index (κ2) is 7.23. The van der Waals surface area contributed by atoms with Gasteiger partial charge in [-0.1, -0.05) is 24.3 Å². The lowest BCUT2D eigenvalue weighted by Crippen LogP contribution is -2.30. The predicted octanol–water partition coefficient (Wildman–Crippen LogP) is 5.14. The molecule has 3 aromatic carbocycles. The molecular formula is C22H18FNO4. The van der Waals surface area contributed by atoms with Gasteiger partial charge in [0.25, 0.3) is 5.91 Å².